The van der Waals surface area contributed by atoms with Gasteiger partial charge < -0.3 is 5.32 Å². The van der Waals surface area contributed by atoms with Crippen LogP contribution in [0, 0.1) is 0 Å². The second-order valence-electron chi connectivity index (χ2n) is 4.60. The summed E-state index contributed by atoms with van der Waals surface area (Å²) in [5.74, 6) is 1.48. The van der Waals surface area contributed by atoms with Crippen LogP contribution in [0.1, 0.15) is 6.92 Å². The number of hydrogen-bond donors (Lipinski definition) is 1. The van der Waals surface area contributed by atoms with Crippen LogP contribution < -0.4 is 5.32 Å². The second kappa shape index (κ2) is 5.70. The summed E-state index contributed by atoms with van der Waals surface area (Å²) in [5, 5.41) is 11.1. The fraction of sp³-hybridized carbons (Fsp3) is 0.200. The minimum atomic E-state index is 0.685. The Morgan fingerprint density at radius 1 is 1.14 bits per heavy atom. The molecule has 0 aliphatic carbocycles. The van der Waals surface area contributed by atoms with Crippen molar-refractivity contribution < 1.29 is 0 Å². The summed E-state index contributed by atoms with van der Waals surface area (Å²) in [6.45, 7) is 2.84. The van der Waals surface area contributed by atoms with Crippen molar-refractivity contribution in [3.63, 3.8) is 0 Å². The summed E-state index contributed by atoms with van der Waals surface area (Å²) in [7, 11) is 1.85. The zero-order valence-corrected chi connectivity index (χ0v) is 12.0. The zero-order valence-electron chi connectivity index (χ0n) is 12.0. The molecule has 0 unspecified atom stereocenters. The van der Waals surface area contributed by atoms with Gasteiger partial charge in [-0.3, -0.25) is 0 Å². The molecule has 106 valence electrons. The molecular formula is C15H16N6. The van der Waals surface area contributed by atoms with E-state index in [0.29, 0.717) is 5.82 Å². The van der Waals surface area contributed by atoms with Gasteiger partial charge in [0.2, 0.25) is 0 Å². The van der Waals surface area contributed by atoms with Crippen molar-refractivity contribution in [3.05, 3.63) is 42.6 Å². The largest absolute Gasteiger partial charge is 0.370 e. The Labute approximate surface area is 122 Å². The summed E-state index contributed by atoms with van der Waals surface area (Å²) in [6.07, 6.45) is 1.70. The van der Waals surface area contributed by atoms with Crippen molar-refractivity contribution in [2.75, 3.05) is 11.9 Å². The van der Waals surface area contributed by atoms with Crippen LogP contribution in [0.25, 0.3) is 22.8 Å². The first-order valence-electron chi connectivity index (χ1n) is 6.81. The Hall–Kier alpha value is -2.76. The van der Waals surface area contributed by atoms with Gasteiger partial charge in [-0.1, -0.05) is 35.5 Å². The van der Waals surface area contributed by atoms with Crippen molar-refractivity contribution in [3.8, 4) is 22.8 Å². The van der Waals surface area contributed by atoms with Crippen molar-refractivity contribution in [2.45, 2.75) is 6.92 Å². The Morgan fingerprint density at radius 2 is 1.95 bits per heavy atom. The highest BCUT2D eigenvalue weighted by atomic mass is 15.4. The summed E-state index contributed by atoms with van der Waals surface area (Å²) < 4.78 is 1.70. The van der Waals surface area contributed by atoms with E-state index in [1.165, 1.54) is 0 Å². The Morgan fingerprint density at radius 3 is 2.62 bits per heavy atom. The quantitative estimate of drug-likeness (QED) is 0.794. The molecule has 3 aromatic rings. The van der Waals surface area contributed by atoms with Crippen LogP contribution in [0.3, 0.4) is 0 Å². The molecule has 0 spiro atoms. The smallest absolute Gasteiger partial charge is 0.162 e. The fourth-order valence-electron chi connectivity index (χ4n) is 2.09. The molecule has 1 aromatic carbocycles. The van der Waals surface area contributed by atoms with E-state index in [9.17, 15) is 0 Å². The van der Waals surface area contributed by atoms with Gasteiger partial charge in [-0.15, -0.1) is 5.10 Å². The minimum absolute atomic E-state index is 0.685. The van der Waals surface area contributed by atoms with Gasteiger partial charge in [0.25, 0.3) is 0 Å². The highest BCUT2D eigenvalue weighted by Gasteiger charge is 2.11. The number of rotatable bonds is 4. The minimum Gasteiger partial charge on any atom is -0.370 e. The maximum atomic E-state index is 4.64. The number of nitrogens with one attached hydrogen (secondary N) is 1. The summed E-state index contributed by atoms with van der Waals surface area (Å²) in [4.78, 5) is 9.20. The number of benzene rings is 1. The van der Waals surface area contributed by atoms with Gasteiger partial charge in [-0.05, 0) is 6.92 Å². The third-order valence-corrected chi connectivity index (χ3v) is 3.09. The number of anilines is 1. The molecule has 2 heterocycles. The van der Waals surface area contributed by atoms with Gasteiger partial charge in [-0.25, -0.2) is 14.6 Å². The van der Waals surface area contributed by atoms with Gasteiger partial charge in [0, 0.05) is 25.2 Å². The molecule has 0 saturated carbocycles. The van der Waals surface area contributed by atoms with Crippen molar-refractivity contribution in [1.82, 2.24) is 25.0 Å². The molecule has 0 atom stereocenters. The third kappa shape index (κ3) is 2.74. The van der Waals surface area contributed by atoms with Crippen LogP contribution in [-0.2, 0) is 7.05 Å². The van der Waals surface area contributed by atoms with Crippen molar-refractivity contribution >= 4 is 5.82 Å². The molecule has 3 rings (SSSR count). The molecule has 0 bridgehead atoms. The number of aromatic nitrogens is 5. The lowest BCUT2D eigenvalue weighted by Crippen LogP contribution is -2.04. The Balaban J connectivity index is 2.13. The molecule has 21 heavy (non-hydrogen) atoms. The van der Waals surface area contributed by atoms with Crippen LogP contribution in [-0.4, -0.2) is 31.5 Å². The third-order valence-electron chi connectivity index (χ3n) is 3.09. The van der Waals surface area contributed by atoms with Gasteiger partial charge in [0.1, 0.15) is 11.5 Å². The SMILES string of the molecule is CCNc1cc(-c2cnnn2C)nc(-c2ccccc2)n1. The number of hydrogen-bond acceptors (Lipinski definition) is 5. The molecule has 0 fully saturated rings. The molecule has 0 aliphatic rings. The molecule has 0 amide bonds. The topological polar surface area (TPSA) is 68.5 Å². The summed E-state index contributed by atoms with van der Waals surface area (Å²) >= 11 is 0. The van der Waals surface area contributed by atoms with Crippen LogP contribution in [0.5, 0.6) is 0 Å². The molecule has 0 aliphatic heterocycles. The first-order chi connectivity index (χ1) is 10.3. The standard InChI is InChI=1S/C15H16N6/c1-3-16-14-9-12(13-10-17-20-21(13)2)18-15(19-14)11-7-5-4-6-8-11/h4-10H,3H2,1-2H3,(H,16,18,19). The predicted octanol–water partition coefficient (Wildman–Crippen LogP) is 2.37. The molecule has 0 radical (unpaired) electrons. The molecule has 6 heteroatoms. The highest BCUT2D eigenvalue weighted by Crippen LogP contribution is 2.23. The highest BCUT2D eigenvalue weighted by molar-refractivity contribution is 5.65. The zero-order chi connectivity index (χ0) is 14.7. The van der Waals surface area contributed by atoms with Crippen molar-refractivity contribution in [1.29, 1.82) is 0 Å². The van der Waals surface area contributed by atoms with E-state index in [0.717, 1.165) is 29.3 Å². The first-order valence-corrected chi connectivity index (χ1v) is 6.81. The average Bonchev–Trinajstić information content (AvgIpc) is 2.94. The molecule has 1 N–H and O–H groups in total. The van der Waals surface area contributed by atoms with E-state index >= 15 is 0 Å². The summed E-state index contributed by atoms with van der Waals surface area (Å²) in [5.41, 5.74) is 2.63. The van der Waals surface area contributed by atoms with E-state index in [-0.39, 0.29) is 0 Å². The van der Waals surface area contributed by atoms with E-state index in [2.05, 4.69) is 25.6 Å². The maximum Gasteiger partial charge on any atom is 0.162 e. The lowest BCUT2D eigenvalue weighted by atomic mass is 10.2. The summed E-state index contributed by atoms with van der Waals surface area (Å²) in [6, 6.07) is 11.8. The first kappa shape index (κ1) is 13.2. The normalized spacial score (nSPS) is 10.6. The Kier molecular flexibility index (Phi) is 3.59. The predicted molar refractivity (Wildman–Crippen MR) is 81.6 cm³/mol. The van der Waals surface area contributed by atoms with Crippen LogP contribution in [0.4, 0.5) is 5.82 Å². The van der Waals surface area contributed by atoms with Gasteiger partial charge in [-0.2, -0.15) is 0 Å². The van der Waals surface area contributed by atoms with Crippen LogP contribution in [0.2, 0.25) is 0 Å². The second-order valence-corrected chi connectivity index (χ2v) is 4.60. The average molecular weight is 280 g/mol. The lowest BCUT2D eigenvalue weighted by Gasteiger charge is -2.09. The molecular weight excluding hydrogens is 264 g/mol. The van der Waals surface area contributed by atoms with E-state index in [1.807, 2.05) is 50.4 Å². The lowest BCUT2D eigenvalue weighted by molar-refractivity contribution is 0.719. The molecule has 2 aromatic heterocycles. The number of aryl methyl sites for hydroxylation is 1. The van der Waals surface area contributed by atoms with Gasteiger partial charge >= 0.3 is 0 Å². The number of nitrogens with zero attached hydrogens (tertiary/aromatic N) is 5. The van der Waals surface area contributed by atoms with Gasteiger partial charge in [0.15, 0.2) is 5.82 Å². The monoisotopic (exact) mass is 280 g/mol. The van der Waals surface area contributed by atoms with Crippen LogP contribution in [0.15, 0.2) is 42.6 Å². The van der Waals surface area contributed by atoms with E-state index in [4.69, 9.17) is 0 Å². The maximum absolute atomic E-state index is 4.64. The molecule has 6 nitrogen and oxygen atoms in total. The van der Waals surface area contributed by atoms with Crippen LogP contribution >= 0.6 is 0 Å². The van der Waals surface area contributed by atoms with Crippen molar-refractivity contribution in [2.24, 2.45) is 7.05 Å². The van der Waals surface area contributed by atoms with E-state index < -0.39 is 0 Å². The Bertz CT molecular complexity index is 735. The van der Waals surface area contributed by atoms with E-state index in [1.54, 1.807) is 10.9 Å². The fourth-order valence-corrected chi connectivity index (χ4v) is 2.09. The molecule has 0 saturated heterocycles. The van der Waals surface area contributed by atoms with Gasteiger partial charge in [0.05, 0.1) is 11.9 Å².